The number of hydrogen-bond acceptors (Lipinski definition) is 2. The van der Waals surface area contributed by atoms with Gasteiger partial charge < -0.3 is 14.3 Å². The fourth-order valence-corrected chi connectivity index (χ4v) is 3.32. The van der Waals surface area contributed by atoms with E-state index >= 15 is 0 Å². The van der Waals surface area contributed by atoms with Crippen LogP contribution in [0.2, 0.25) is 0 Å². The molecule has 1 rings (SSSR count). The molecule has 0 unspecified atom stereocenters. The standard InChI is InChI=1S/C15H32NO2/c1-12-7-14(9-15(2,3)8-12)18-11-13(17)10-16(4,5)6/h12-14,17H,7-11H2,1-6H3/q+1/t12-,13-,14+/m0/s1. The average Bonchev–Trinajstić information content (AvgIpc) is 2.08. The third-order valence-electron chi connectivity index (χ3n) is 3.63. The van der Waals surface area contributed by atoms with E-state index in [1.807, 2.05) is 0 Å². The van der Waals surface area contributed by atoms with E-state index in [0.29, 0.717) is 18.1 Å². The normalized spacial score (nSPS) is 30.2. The molecule has 0 aliphatic heterocycles. The molecule has 0 amide bonds. The number of nitrogens with zero attached hydrogens (tertiary/aromatic N) is 1. The second-order valence-corrected chi connectivity index (χ2v) is 8.00. The lowest BCUT2D eigenvalue weighted by molar-refractivity contribution is -0.873. The molecule has 0 heterocycles. The van der Waals surface area contributed by atoms with E-state index in [0.717, 1.165) is 29.8 Å². The zero-order valence-electron chi connectivity index (χ0n) is 13.1. The van der Waals surface area contributed by atoms with Crippen molar-refractivity contribution in [3.63, 3.8) is 0 Å². The molecule has 1 fully saturated rings. The quantitative estimate of drug-likeness (QED) is 0.767. The summed E-state index contributed by atoms with van der Waals surface area (Å²) < 4.78 is 6.71. The Kier molecular flexibility index (Phi) is 5.22. The van der Waals surface area contributed by atoms with Crippen molar-refractivity contribution in [2.75, 3.05) is 34.3 Å². The number of ether oxygens (including phenoxy) is 1. The van der Waals surface area contributed by atoms with Gasteiger partial charge in [0.25, 0.3) is 0 Å². The molecule has 108 valence electrons. The summed E-state index contributed by atoms with van der Waals surface area (Å²) in [7, 11) is 6.28. The smallest absolute Gasteiger partial charge is 0.126 e. The predicted octanol–water partition coefficient (Wildman–Crippen LogP) is 2.28. The average molecular weight is 258 g/mol. The topological polar surface area (TPSA) is 29.5 Å². The maximum absolute atomic E-state index is 9.97. The number of aliphatic hydroxyl groups is 1. The molecule has 3 nitrogen and oxygen atoms in total. The van der Waals surface area contributed by atoms with Crippen molar-refractivity contribution in [1.82, 2.24) is 0 Å². The van der Waals surface area contributed by atoms with Crippen LogP contribution in [0, 0.1) is 11.3 Å². The lowest BCUT2D eigenvalue weighted by Gasteiger charge is -2.39. The highest BCUT2D eigenvalue weighted by Gasteiger charge is 2.32. The minimum atomic E-state index is -0.356. The maximum atomic E-state index is 9.97. The van der Waals surface area contributed by atoms with E-state index in [1.54, 1.807) is 0 Å². The van der Waals surface area contributed by atoms with Crippen molar-refractivity contribution in [3.05, 3.63) is 0 Å². The molecular weight excluding hydrogens is 226 g/mol. The number of likely N-dealkylation sites (N-methyl/N-ethyl adjacent to an activating group) is 1. The predicted molar refractivity (Wildman–Crippen MR) is 75.4 cm³/mol. The fourth-order valence-electron chi connectivity index (χ4n) is 3.32. The Bertz CT molecular complexity index is 258. The van der Waals surface area contributed by atoms with Gasteiger partial charge in [-0.2, -0.15) is 0 Å². The first-order valence-electron chi connectivity index (χ1n) is 7.17. The molecule has 0 spiro atoms. The number of hydrogen-bond donors (Lipinski definition) is 1. The van der Waals surface area contributed by atoms with Crippen molar-refractivity contribution >= 4 is 0 Å². The Labute approximate surface area is 113 Å². The van der Waals surface area contributed by atoms with Crippen LogP contribution in [-0.4, -0.2) is 56.1 Å². The minimum absolute atomic E-state index is 0.325. The number of quaternary nitrogens is 1. The molecule has 1 saturated carbocycles. The van der Waals surface area contributed by atoms with Gasteiger partial charge in [-0.25, -0.2) is 0 Å². The second kappa shape index (κ2) is 5.89. The van der Waals surface area contributed by atoms with Gasteiger partial charge in [0.15, 0.2) is 0 Å². The summed E-state index contributed by atoms with van der Waals surface area (Å²) in [6.07, 6.45) is 3.51. The summed E-state index contributed by atoms with van der Waals surface area (Å²) in [4.78, 5) is 0. The van der Waals surface area contributed by atoms with Gasteiger partial charge in [0.2, 0.25) is 0 Å². The van der Waals surface area contributed by atoms with Gasteiger partial charge in [0, 0.05) is 0 Å². The van der Waals surface area contributed by atoms with Crippen LogP contribution in [0.25, 0.3) is 0 Å². The SMILES string of the molecule is C[C@H]1C[C@@H](OC[C@@H](O)C[N+](C)(C)C)CC(C)(C)C1. The van der Waals surface area contributed by atoms with E-state index in [2.05, 4.69) is 41.9 Å². The highest BCUT2D eigenvalue weighted by molar-refractivity contribution is 4.83. The minimum Gasteiger partial charge on any atom is -0.385 e. The second-order valence-electron chi connectivity index (χ2n) is 8.00. The Morgan fingerprint density at radius 1 is 1.28 bits per heavy atom. The molecule has 0 radical (unpaired) electrons. The molecule has 1 aliphatic carbocycles. The zero-order valence-corrected chi connectivity index (χ0v) is 13.1. The molecular formula is C15H32NO2+. The summed E-state index contributed by atoms with van der Waals surface area (Å²) in [5.41, 5.74) is 0.382. The highest BCUT2D eigenvalue weighted by atomic mass is 16.5. The van der Waals surface area contributed by atoms with Crippen molar-refractivity contribution in [2.24, 2.45) is 11.3 Å². The van der Waals surface area contributed by atoms with Crippen molar-refractivity contribution in [2.45, 2.75) is 52.2 Å². The molecule has 3 atom stereocenters. The van der Waals surface area contributed by atoms with Crippen molar-refractivity contribution < 1.29 is 14.3 Å². The molecule has 0 bridgehead atoms. The Hall–Kier alpha value is -0.120. The van der Waals surface area contributed by atoms with Crippen LogP contribution < -0.4 is 0 Å². The van der Waals surface area contributed by atoms with Crippen LogP contribution in [0.15, 0.2) is 0 Å². The van der Waals surface area contributed by atoms with E-state index in [-0.39, 0.29) is 6.10 Å². The number of rotatable bonds is 5. The van der Waals surface area contributed by atoms with Gasteiger partial charge in [-0.15, -0.1) is 0 Å². The molecule has 0 saturated heterocycles. The highest BCUT2D eigenvalue weighted by Crippen LogP contribution is 2.39. The van der Waals surface area contributed by atoms with Crippen LogP contribution in [0.5, 0.6) is 0 Å². The summed E-state index contributed by atoms with van der Waals surface area (Å²) in [6, 6.07) is 0. The summed E-state index contributed by atoms with van der Waals surface area (Å²) in [5.74, 6) is 0.731. The third kappa shape index (κ3) is 6.17. The lowest BCUT2D eigenvalue weighted by atomic mass is 9.71. The van der Waals surface area contributed by atoms with Gasteiger partial charge in [0.05, 0.1) is 33.9 Å². The molecule has 18 heavy (non-hydrogen) atoms. The van der Waals surface area contributed by atoms with Crippen LogP contribution in [-0.2, 0) is 4.74 Å². The van der Waals surface area contributed by atoms with E-state index in [1.165, 1.54) is 6.42 Å². The molecule has 1 aliphatic rings. The molecule has 0 aromatic rings. The fraction of sp³-hybridized carbons (Fsp3) is 1.00. The first-order valence-corrected chi connectivity index (χ1v) is 7.17. The van der Waals surface area contributed by atoms with Gasteiger partial charge in [-0.05, 0) is 30.6 Å². The molecule has 0 aromatic carbocycles. The van der Waals surface area contributed by atoms with Gasteiger partial charge >= 0.3 is 0 Å². The van der Waals surface area contributed by atoms with E-state index < -0.39 is 0 Å². The van der Waals surface area contributed by atoms with E-state index in [9.17, 15) is 5.11 Å². The Balaban J connectivity index is 2.34. The van der Waals surface area contributed by atoms with Gasteiger partial charge in [0.1, 0.15) is 12.6 Å². The first-order chi connectivity index (χ1) is 8.07. The summed E-state index contributed by atoms with van der Waals surface area (Å²) in [6.45, 7) is 8.16. The summed E-state index contributed by atoms with van der Waals surface area (Å²) in [5, 5.41) is 9.97. The Morgan fingerprint density at radius 2 is 1.89 bits per heavy atom. The maximum Gasteiger partial charge on any atom is 0.126 e. The van der Waals surface area contributed by atoms with Gasteiger partial charge in [-0.3, -0.25) is 0 Å². The van der Waals surface area contributed by atoms with Crippen molar-refractivity contribution in [1.29, 1.82) is 0 Å². The third-order valence-corrected chi connectivity index (χ3v) is 3.63. The van der Waals surface area contributed by atoms with E-state index in [4.69, 9.17) is 4.74 Å². The van der Waals surface area contributed by atoms with Crippen LogP contribution in [0.4, 0.5) is 0 Å². The van der Waals surface area contributed by atoms with Crippen molar-refractivity contribution in [3.8, 4) is 0 Å². The molecule has 3 heteroatoms. The lowest BCUT2D eigenvalue weighted by Crippen LogP contribution is -2.44. The van der Waals surface area contributed by atoms with Crippen LogP contribution >= 0.6 is 0 Å². The monoisotopic (exact) mass is 258 g/mol. The first kappa shape index (κ1) is 15.9. The summed E-state index contributed by atoms with van der Waals surface area (Å²) >= 11 is 0. The van der Waals surface area contributed by atoms with Crippen LogP contribution in [0.1, 0.15) is 40.0 Å². The zero-order chi connectivity index (χ0) is 14.0. The largest absolute Gasteiger partial charge is 0.385 e. The molecule has 0 aromatic heterocycles. The number of aliphatic hydroxyl groups excluding tert-OH is 1. The van der Waals surface area contributed by atoms with Gasteiger partial charge in [-0.1, -0.05) is 20.8 Å². The van der Waals surface area contributed by atoms with Crippen LogP contribution in [0.3, 0.4) is 0 Å². The molecule has 1 N–H and O–H groups in total. The Morgan fingerprint density at radius 3 is 2.39 bits per heavy atom.